The third-order valence-corrected chi connectivity index (χ3v) is 5.26. The number of alkyl halides is 3. The van der Waals surface area contributed by atoms with E-state index >= 15 is 0 Å². The summed E-state index contributed by atoms with van der Waals surface area (Å²) in [5.41, 5.74) is 3.00. The molecular weight excluding hydrogens is 445 g/mol. The molecule has 0 aliphatic carbocycles. The molecule has 3 aromatic heterocycles. The van der Waals surface area contributed by atoms with E-state index in [1.807, 2.05) is 35.9 Å². The first-order chi connectivity index (χ1) is 16.3. The van der Waals surface area contributed by atoms with Gasteiger partial charge in [-0.15, -0.1) is 5.10 Å². The van der Waals surface area contributed by atoms with Crippen LogP contribution in [0.25, 0.3) is 22.7 Å². The number of methoxy groups -OCH3 is 1. The summed E-state index contributed by atoms with van der Waals surface area (Å²) in [6.07, 6.45) is 0.906. The molecule has 34 heavy (non-hydrogen) atoms. The van der Waals surface area contributed by atoms with Gasteiger partial charge in [-0.3, -0.25) is 0 Å². The molecule has 2 aromatic carbocycles. The lowest BCUT2D eigenvalue weighted by Gasteiger charge is -2.11. The summed E-state index contributed by atoms with van der Waals surface area (Å²) in [5.74, 6) is 1.07. The largest absolute Gasteiger partial charge is 0.495 e. The fourth-order valence-corrected chi connectivity index (χ4v) is 3.64. The number of rotatable bonds is 5. The average molecular weight is 464 g/mol. The van der Waals surface area contributed by atoms with Crippen LogP contribution in [0.4, 0.5) is 24.5 Å². The van der Waals surface area contributed by atoms with Crippen LogP contribution < -0.4 is 10.1 Å². The number of hydrogen-bond acceptors (Lipinski definition) is 5. The van der Waals surface area contributed by atoms with Crippen molar-refractivity contribution in [2.75, 3.05) is 12.4 Å². The van der Waals surface area contributed by atoms with Crippen molar-refractivity contribution in [1.29, 1.82) is 0 Å². The van der Waals surface area contributed by atoms with Gasteiger partial charge < -0.3 is 14.6 Å². The first-order valence-corrected chi connectivity index (χ1v) is 10.3. The molecule has 3 heterocycles. The number of halogens is 3. The molecule has 0 amide bonds. The number of nitrogens with zero attached hydrogens (tertiary/aromatic N) is 5. The lowest BCUT2D eigenvalue weighted by Crippen LogP contribution is -2.05. The highest BCUT2D eigenvalue weighted by atomic mass is 19.4. The van der Waals surface area contributed by atoms with Crippen molar-refractivity contribution < 1.29 is 17.9 Å². The third kappa shape index (κ3) is 4.05. The van der Waals surface area contributed by atoms with E-state index in [1.165, 1.54) is 6.07 Å². The van der Waals surface area contributed by atoms with Gasteiger partial charge in [0.1, 0.15) is 5.75 Å². The highest BCUT2D eigenvalue weighted by molar-refractivity contribution is 5.76. The summed E-state index contributed by atoms with van der Waals surface area (Å²) < 4.78 is 48.3. The van der Waals surface area contributed by atoms with Crippen molar-refractivity contribution in [2.45, 2.75) is 13.1 Å². The van der Waals surface area contributed by atoms with Crippen LogP contribution in [-0.4, -0.2) is 31.3 Å². The molecule has 0 saturated carbocycles. The van der Waals surface area contributed by atoms with Crippen LogP contribution in [-0.2, 0) is 6.18 Å². The predicted octanol–water partition coefficient (Wildman–Crippen LogP) is 5.66. The smallest absolute Gasteiger partial charge is 0.416 e. The second kappa shape index (κ2) is 8.22. The number of fused-ring (bicyclic) bond motifs is 1. The summed E-state index contributed by atoms with van der Waals surface area (Å²) in [6, 6.07) is 14.1. The molecule has 0 bridgehead atoms. The second-order valence-corrected chi connectivity index (χ2v) is 7.64. The Morgan fingerprint density at radius 1 is 1.03 bits per heavy atom. The standard InChI is InChI=1S/C24H19F3N6O/c1-15-13-32(14-28-15)20-9-8-16(11-21(20)34-2)22-30-23-19(7-4-10-33(23)31-22)29-18-6-3-5-17(12-18)24(25,26)27/h3-14,29H,1-2H3. The van der Waals surface area contributed by atoms with E-state index in [2.05, 4.69) is 20.4 Å². The topological polar surface area (TPSA) is 69.3 Å². The Labute approximate surface area is 192 Å². The summed E-state index contributed by atoms with van der Waals surface area (Å²) in [7, 11) is 1.58. The molecular formula is C24H19F3N6O. The maximum atomic E-state index is 13.1. The fourth-order valence-electron chi connectivity index (χ4n) is 3.64. The van der Waals surface area contributed by atoms with Gasteiger partial charge in [-0.25, -0.2) is 14.5 Å². The Morgan fingerprint density at radius 2 is 1.88 bits per heavy atom. The molecule has 5 aromatic rings. The number of hydrogen-bond donors (Lipinski definition) is 1. The summed E-state index contributed by atoms with van der Waals surface area (Å²) in [6.45, 7) is 1.91. The van der Waals surface area contributed by atoms with Crippen LogP contribution in [0, 0.1) is 6.92 Å². The van der Waals surface area contributed by atoms with Crippen LogP contribution in [0.1, 0.15) is 11.3 Å². The third-order valence-electron chi connectivity index (χ3n) is 5.26. The van der Waals surface area contributed by atoms with Gasteiger partial charge in [-0.05, 0) is 55.5 Å². The maximum Gasteiger partial charge on any atom is 0.416 e. The molecule has 0 atom stereocenters. The zero-order chi connectivity index (χ0) is 23.9. The molecule has 10 heteroatoms. The minimum atomic E-state index is -4.42. The van der Waals surface area contributed by atoms with Gasteiger partial charge >= 0.3 is 6.18 Å². The van der Waals surface area contributed by atoms with Gasteiger partial charge in [0, 0.05) is 23.6 Å². The number of anilines is 2. The van der Waals surface area contributed by atoms with E-state index in [9.17, 15) is 13.2 Å². The van der Waals surface area contributed by atoms with Gasteiger partial charge in [0.2, 0.25) is 0 Å². The predicted molar refractivity (Wildman–Crippen MR) is 122 cm³/mol. The van der Waals surface area contributed by atoms with Crippen molar-refractivity contribution in [1.82, 2.24) is 24.1 Å². The van der Waals surface area contributed by atoms with Gasteiger partial charge in [-0.2, -0.15) is 13.2 Å². The maximum absolute atomic E-state index is 13.1. The van der Waals surface area contributed by atoms with E-state index in [0.29, 0.717) is 28.6 Å². The molecule has 7 nitrogen and oxygen atoms in total. The second-order valence-electron chi connectivity index (χ2n) is 7.64. The molecule has 0 unspecified atom stereocenters. The number of benzene rings is 2. The molecule has 5 rings (SSSR count). The van der Waals surface area contributed by atoms with Gasteiger partial charge in [0.15, 0.2) is 11.5 Å². The van der Waals surface area contributed by atoms with Crippen LogP contribution in [0.3, 0.4) is 0 Å². The Balaban J connectivity index is 1.51. The number of aryl methyl sites for hydroxylation is 1. The van der Waals surface area contributed by atoms with E-state index in [4.69, 9.17) is 4.74 Å². The number of aromatic nitrogens is 5. The Morgan fingerprint density at radius 3 is 2.62 bits per heavy atom. The van der Waals surface area contributed by atoms with E-state index in [1.54, 1.807) is 42.3 Å². The first-order valence-electron chi connectivity index (χ1n) is 10.3. The van der Waals surface area contributed by atoms with Crippen LogP contribution in [0.15, 0.2) is 73.3 Å². The zero-order valence-electron chi connectivity index (χ0n) is 18.2. The van der Waals surface area contributed by atoms with Crippen LogP contribution in [0.2, 0.25) is 0 Å². The minimum Gasteiger partial charge on any atom is -0.495 e. The Kier molecular flexibility index (Phi) is 5.20. The number of pyridine rings is 1. The van der Waals surface area contributed by atoms with E-state index in [0.717, 1.165) is 29.1 Å². The van der Waals surface area contributed by atoms with Crippen molar-refractivity contribution in [3.63, 3.8) is 0 Å². The van der Waals surface area contributed by atoms with Crippen molar-refractivity contribution in [2.24, 2.45) is 0 Å². The molecule has 0 aliphatic heterocycles. The molecule has 0 radical (unpaired) electrons. The van der Waals surface area contributed by atoms with Gasteiger partial charge in [0.05, 0.1) is 36.1 Å². The van der Waals surface area contributed by atoms with E-state index < -0.39 is 11.7 Å². The number of nitrogens with one attached hydrogen (secondary N) is 1. The summed E-state index contributed by atoms with van der Waals surface area (Å²) >= 11 is 0. The van der Waals surface area contributed by atoms with Crippen molar-refractivity contribution in [3.05, 3.63) is 84.6 Å². The normalized spacial score (nSPS) is 11.7. The van der Waals surface area contributed by atoms with Crippen LogP contribution >= 0.6 is 0 Å². The zero-order valence-corrected chi connectivity index (χ0v) is 18.2. The SMILES string of the molecule is COc1cc(-c2nc3c(Nc4cccc(C(F)(F)F)c4)cccn3n2)ccc1-n1cnc(C)c1. The Hall–Kier alpha value is -4.34. The highest BCUT2D eigenvalue weighted by Gasteiger charge is 2.30. The monoisotopic (exact) mass is 464 g/mol. The summed E-state index contributed by atoms with van der Waals surface area (Å²) in [5, 5.41) is 7.56. The molecule has 0 saturated heterocycles. The van der Waals surface area contributed by atoms with Crippen LogP contribution in [0.5, 0.6) is 5.75 Å². The first kappa shape index (κ1) is 21.5. The minimum absolute atomic E-state index is 0.300. The quantitative estimate of drug-likeness (QED) is 0.363. The fraction of sp³-hybridized carbons (Fsp3) is 0.125. The lowest BCUT2D eigenvalue weighted by atomic mass is 10.1. The molecule has 1 N–H and O–H groups in total. The molecule has 0 fully saturated rings. The lowest BCUT2D eigenvalue weighted by molar-refractivity contribution is -0.137. The summed E-state index contributed by atoms with van der Waals surface area (Å²) in [4.78, 5) is 8.88. The number of ether oxygens (including phenoxy) is 1. The average Bonchev–Trinajstić information content (AvgIpc) is 3.45. The number of imidazole rings is 1. The Bertz CT molecular complexity index is 1490. The van der Waals surface area contributed by atoms with Gasteiger partial charge in [0.25, 0.3) is 0 Å². The molecule has 0 spiro atoms. The van der Waals surface area contributed by atoms with Gasteiger partial charge in [-0.1, -0.05) is 6.07 Å². The molecule has 172 valence electrons. The highest BCUT2D eigenvalue weighted by Crippen LogP contribution is 2.33. The van der Waals surface area contributed by atoms with Crippen molar-refractivity contribution >= 4 is 17.0 Å². The van der Waals surface area contributed by atoms with E-state index in [-0.39, 0.29) is 0 Å². The molecule has 0 aliphatic rings. The van der Waals surface area contributed by atoms with Crippen molar-refractivity contribution in [3.8, 4) is 22.8 Å².